The van der Waals surface area contributed by atoms with Gasteiger partial charge in [0.15, 0.2) is 0 Å². The maximum atomic E-state index is 13.6. The van der Waals surface area contributed by atoms with Crippen LogP contribution in [-0.2, 0) is 11.3 Å². The molecule has 1 spiro atoms. The second-order valence-electron chi connectivity index (χ2n) is 9.74. The van der Waals surface area contributed by atoms with Crippen LogP contribution in [0.1, 0.15) is 46.3 Å². The summed E-state index contributed by atoms with van der Waals surface area (Å²) >= 11 is 0. The first-order valence-electron chi connectivity index (χ1n) is 11.9. The molecule has 5 rings (SSSR count). The van der Waals surface area contributed by atoms with Gasteiger partial charge >= 0.3 is 6.03 Å². The molecule has 7 heteroatoms. The maximum Gasteiger partial charge on any atom is 0.321 e. The van der Waals surface area contributed by atoms with Crippen LogP contribution in [0, 0.1) is 13.8 Å². The summed E-state index contributed by atoms with van der Waals surface area (Å²) in [5, 5.41) is 0. The standard InChI is InChI=1S/C26H32N4O3/c1-19-5-6-23(20(2)14-19)24(31)28-11-7-22(8-12-28)30-25(32)29(16-21-4-3-10-27-15-21)17-26(30)9-13-33-18-26/h3-6,10,14-15,22H,7-9,11-13,16-18H2,1-2H3. The van der Waals surface area contributed by atoms with Crippen LogP contribution >= 0.6 is 0 Å². The predicted octanol–water partition coefficient (Wildman–Crippen LogP) is 3.40. The van der Waals surface area contributed by atoms with Gasteiger partial charge in [-0.2, -0.15) is 0 Å². The number of nitrogens with zero attached hydrogens (tertiary/aromatic N) is 4. The van der Waals surface area contributed by atoms with Gasteiger partial charge in [0.2, 0.25) is 0 Å². The molecule has 3 aliphatic rings. The quantitative estimate of drug-likeness (QED) is 0.719. The molecule has 0 radical (unpaired) electrons. The molecule has 3 aliphatic heterocycles. The monoisotopic (exact) mass is 448 g/mol. The van der Waals surface area contributed by atoms with Crippen LogP contribution in [-0.4, -0.2) is 76.1 Å². The number of piperidine rings is 1. The Morgan fingerprint density at radius 2 is 2.03 bits per heavy atom. The summed E-state index contributed by atoms with van der Waals surface area (Å²) in [4.78, 5) is 36.9. The first-order chi connectivity index (χ1) is 16.0. The number of urea groups is 1. The smallest absolute Gasteiger partial charge is 0.321 e. The fourth-order valence-electron chi connectivity index (χ4n) is 5.70. The first-order valence-corrected chi connectivity index (χ1v) is 11.9. The van der Waals surface area contributed by atoms with E-state index in [0.29, 0.717) is 39.4 Å². The van der Waals surface area contributed by atoms with E-state index in [-0.39, 0.29) is 23.5 Å². The molecule has 0 aliphatic carbocycles. The number of likely N-dealkylation sites (tertiary alicyclic amines) is 1. The highest BCUT2D eigenvalue weighted by atomic mass is 16.5. The average Bonchev–Trinajstić information content (AvgIpc) is 3.38. The van der Waals surface area contributed by atoms with Gasteiger partial charge in [0.1, 0.15) is 0 Å². The number of pyridine rings is 1. The molecule has 3 fully saturated rings. The van der Waals surface area contributed by atoms with Crippen LogP contribution in [0.2, 0.25) is 0 Å². The van der Waals surface area contributed by atoms with Crippen molar-refractivity contribution in [2.75, 3.05) is 32.8 Å². The van der Waals surface area contributed by atoms with Crippen LogP contribution < -0.4 is 0 Å². The number of aromatic nitrogens is 1. The molecular formula is C26H32N4O3. The Balaban J connectivity index is 1.29. The molecule has 4 heterocycles. The molecule has 33 heavy (non-hydrogen) atoms. The molecular weight excluding hydrogens is 416 g/mol. The highest BCUT2D eigenvalue weighted by molar-refractivity contribution is 5.95. The van der Waals surface area contributed by atoms with Crippen LogP contribution in [0.15, 0.2) is 42.7 Å². The van der Waals surface area contributed by atoms with E-state index < -0.39 is 0 Å². The van der Waals surface area contributed by atoms with E-state index in [1.54, 1.807) is 6.20 Å². The topological polar surface area (TPSA) is 66.0 Å². The Labute approximate surface area is 195 Å². The summed E-state index contributed by atoms with van der Waals surface area (Å²) < 4.78 is 5.79. The molecule has 0 bridgehead atoms. The van der Waals surface area contributed by atoms with Crippen LogP contribution in [0.25, 0.3) is 0 Å². The Morgan fingerprint density at radius 1 is 1.21 bits per heavy atom. The average molecular weight is 449 g/mol. The van der Waals surface area contributed by atoms with E-state index in [2.05, 4.69) is 16.0 Å². The molecule has 1 unspecified atom stereocenters. The van der Waals surface area contributed by atoms with Crippen molar-refractivity contribution in [1.29, 1.82) is 0 Å². The SMILES string of the molecule is Cc1ccc(C(=O)N2CCC(N3C(=O)N(Cc4cccnc4)CC34CCOC4)CC2)c(C)c1. The minimum atomic E-state index is -0.260. The summed E-state index contributed by atoms with van der Waals surface area (Å²) in [6, 6.07) is 10.1. The lowest BCUT2D eigenvalue weighted by Gasteiger charge is -2.42. The summed E-state index contributed by atoms with van der Waals surface area (Å²) in [6.45, 7) is 7.90. The van der Waals surface area contributed by atoms with Gasteiger partial charge in [-0.1, -0.05) is 23.8 Å². The minimum Gasteiger partial charge on any atom is -0.379 e. The number of hydrogen-bond acceptors (Lipinski definition) is 4. The number of ether oxygens (including phenoxy) is 1. The largest absolute Gasteiger partial charge is 0.379 e. The van der Waals surface area contributed by atoms with Gasteiger partial charge in [0.25, 0.3) is 5.91 Å². The third-order valence-corrected chi connectivity index (χ3v) is 7.38. The van der Waals surface area contributed by atoms with Crippen molar-refractivity contribution < 1.29 is 14.3 Å². The number of hydrogen-bond donors (Lipinski definition) is 0. The van der Waals surface area contributed by atoms with Gasteiger partial charge in [-0.05, 0) is 56.4 Å². The number of aryl methyl sites for hydroxylation is 2. The zero-order valence-corrected chi connectivity index (χ0v) is 19.5. The third kappa shape index (κ3) is 4.10. The Kier molecular flexibility index (Phi) is 5.83. The van der Waals surface area contributed by atoms with E-state index in [4.69, 9.17) is 4.74 Å². The van der Waals surface area contributed by atoms with Crippen molar-refractivity contribution in [1.82, 2.24) is 19.7 Å². The van der Waals surface area contributed by atoms with E-state index in [1.165, 1.54) is 0 Å². The Hall–Kier alpha value is -2.93. The molecule has 2 aromatic rings. The third-order valence-electron chi connectivity index (χ3n) is 7.38. The summed E-state index contributed by atoms with van der Waals surface area (Å²) in [5.41, 5.74) is 3.74. The molecule has 7 nitrogen and oxygen atoms in total. The zero-order valence-electron chi connectivity index (χ0n) is 19.5. The lowest BCUT2D eigenvalue weighted by atomic mass is 9.92. The number of benzene rings is 1. The maximum absolute atomic E-state index is 13.6. The van der Waals surface area contributed by atoms with Crippen molar-refractivity contribution in [3.05, 3.63) is 65.0 Å². The highest BCUT2D eigenvalue weighted by Crippen LogP contribution is 2.39. The lowest BCUT2D eigenvalue weighted by Crippen LogP contribution is -2.56. The van der Waals surface area contributed by atoms with Gasteiger partial charge in [0.05, 0.1) is 12.1 Å². The highest BCUT2D eigenvalue weighted by Gasteiger charge is 2.54. The second-order valence-corrected chi connectivity index (χ2v) is 9.74. The summed E-state index contributed by atoms with van der Waals surface area (Å²) in [7, 11) is 0. The van der Waals surface area contributed by atoms with E-state index >= 15 is 0 Å². The van der Waals surface area contributed by atoms with Crippen LogP contribution in [0.3, 0.4) is 0 Å². The van der Waals surface area contributed by atoms with Crippen molar-refractivity contribution in [3.8, 4) is 0 Å². The van der Waals surface area contributed by atoms with E-state index in [9.17, 15) is 9.59 Å². The van der Waals surface area contributed by atoms with Crippen molar-refractivity contribution >= 4 is 11.9 Å². The Bertz CT molecular complexity index is 1030. The molecule has 1 aromatic heterocycles. The van der Waals surface area contributed by atoms with Gasteiger partial charge in [-0.15, -0.1) is 0 Å². The summed E-state index contributed by atoms with van der Waals surface area (Å²) in [6.07, 6.45) is 6.03. The van der Waals surface area contributed by atoms with Gasteiger partial charge < -0.3 is 19.4 Å². The normalized spacial score (nSPS) is 23.7. The van der Waals surface area contributed by atoms with Crippen molar-refractivity contribution in [2.24, 2.45) is 0 Å². The van der Waals surface area contributed by atoms with Crippen molar-refractivity contribution in [3.63, 3.8) is 0 Å². The fraction of sp³-hybridized carbons (Fsp3) is 0.500. The number of carbonyl (C=O) groups excluding carboxylic acids is 2. The molecule has 0 N–H and O–H groups in total. The molecule has 3 amide bonds. The number of carbonyl (C=O) groups is 2. The molecule has 0 saturated carbocycles. The minimum absolute atomic E-state index is 0.0866. The van der Waals surface area contributed by atoms with Crippen LogP contribution in [0.4, 0.5) is 4.79 Å². The molecule has 3 saturated heterocycles. The second kappa shape index (κ2) is 8.78. The van der Waals surface area contributed by atoms with E-state index in [0.717, 1.165) is 41.5 Å². The van der Waals surface area contributed by atoms with Crippen LogP contribution in [0.5, 0.6) is 0 Å². The Morgan fingerprint density at radius 3 is 2.70 bits per heavy atom. The first kappa shape index (κ1) is 21.9. The zero-order chi connectivity index (χ0) is 23.0. The van der Waals surface area contributed by atoms with E-state index in [1.807, 2.05) is 54.1 Å². The van der Waals surface area contributed by atoms with Gasteiger partial charge in [-0.25, -0.2) is 4.79 Å². The van der Waals surface area contributed by atoms with Gasteiger partial charge in [-0.3, -0.25) is 9.78 Å². The molecule has 174 valence electrons. The number of amides is 3. The predicted molar refractivity (Wildman–Crippen MR) is 125 cm³/mol. The molecule has 1 atom stereocenters. The summed E-state index contributed by atoms with van der Waals surface area (Å²) in [5.74, 6) is 0.0933. The molecule has 1 aromatic carbocycles. The van der Waals surface area contributed by atoms with Crippen molar-refractivity contribution in [2.45, 2.75) is 51.2 Å². The lowest BCUT2D eigenvalue weighted by molar-refractivity contribution is 0.0498. The van der Waals surface area contributed by atoms with Gasteiger partial charge in [0, 0.05) is 56.8 Å². The fourth-order valence-corrected chi connectivity index (χ4v) is 5.70. The number of rotatable bonds is 4.